The van der Waals surface area contributed by atoms with Crippen LogP contribution in [0.15, 0.2) is 43.0 Å². The maximum Gasteiger partial charge on any atom is 0.237 e. The van der Waals surface area contributed by atoms with Crippen LogP contribution in [0.5, 0.6) is 5.88 Å². The summed E-state index contributed by atoms with van der Waals surface area (Å²) in [5.74, 6) is 0.0680. The minimum absolute atomic E-state index is 0.0839. The Kier molecular flexibility index (Phi) is 7.89. The molecular weight excluding hydrogens is 572 g/mol. The molecule has 0 spiro atoms. The zero-order chi connectivity index (χ0) is 29.3. The van der Waals surface area contributed by atoms with Crippen LogP contribution in [0.2, 0.25) is 0 Å². The molecule has 3 aromatic rings. The second-order valence-corrected chi connectivity index (χ2v) is 13.9. The molecule has 218 valence electrons. The fourth-order valence-corrected chi connectivity index (χ4v) is 6.74. The van der Waals surface area contributed by atoms with Crippen LogP contribution in [0.1, 0.15) is 38.3 Å². The first kappa shape index (κ1) is 28.8. The Morgan fingerprint density at radius 3 is 2.44 bits per heavy atom. The van der Waals surface area contributed by atoms with Gasteiger partial charge in [0.05, 0.1) is 47.3 Å². The van der Waals surface area contributed by atoms with E-state index in [1.807, 2.05) is 6.92 Å². The van der Waals surface area contributed by atoms with Gasteiger partial charge in [0.2, 0.25) is 37.8 Å². The molecule has 14 nitrogen and oxygen atoms in total. The van der Waals surface area contributed by atoms with Gasteiger partial charge in [-0.15, -0.1) is 0 Å². The summed E-state index contributed by atoms with van der Waals surface area (Å²) in [6.45, 7) is 2.46. The lowest BCUT2D eigenvalue weighted by Gasteiger charge is -2.39. The summed E-state index contributed by atoms with van der Waals surface area (Å²) in [7, 11) is -7.10. The van der Waals surface area contributed by atoms with E-state index in [0.717, 1.165) is 6.26 Å². The van der Waals surface area contributed by atoms with E-state index in [-0.39, 0.29) is 43.4 Å². The number of aromatic nitrogens is 5. The number of pyridine rings is 1. The fraction of sp³-hybridized carbons (Fsp3) is 0.440. The van der Waals surface area contributed by atoms with Crippen molar-refractivity contribution in [1.29, 1.82) is 0 Å². The number of carbonyl (C=O) groups excluding carboxylic acids is 1. The van der Waals surface area contributed by atoms with Gasteiger partial charge in [-0.05, 0) is 50.8 Å². The lowest BCUT2D eigenvalue weighted by molar-refractivity contribution is -0.123. The molecule has 1 aliphatic heterocycles. The number of ether oxygens (including phenoxy) is 1. The molecule has 1 amide bonds. The standard InChI is InChI=1S/C25H30N8O6S2/c1-3-39-22-16-26-15-19(29-22)17-4-7-21(28-14-17)31-23(34)25(9-12-33(13-10-25)40(2,35)36)20-8-11-27-24(30-20)32-41(37,38)18-5-6-18/h4,7-8,11,14-16,18H,3,5-6,9-10,12-13H2,1-2H3,(H,27,30,32)(H,28,31,34). The Bertz CT molecular complexity index is 1640. The van der Waals surface area contributed by atoms with Gasteiger partial charge < -0.3 is 10.1 Å². The smallest absolute Gasteiger partial charge is 0.237 e. The van der Waals surface area contributed by atoms with Crippen molar-refractivity contribution >= 4 is 37.7 Å². The van der Waals surface area contributed by atoms with Gasteiger partial charge in [0.25, 0.3) is 0 Å². The van der Waals surface area contributed by atoms with Crippen molar-refractivity contribution < 1.29 is 26.4 Å². The third kappa shape index (κ3) is 6.44. The highest BCUT2D eigenvalue weighted by atomic mass is 32.2. The zero-order valence-electron chi connectivity index (χ0n) is 22.5. The highest BCUT2D eigenvalue weighted by molar-refractivity contribution is 7.93. The predicted octanol–water partition coefficient (Wildman–Crippen LogP) is 1.56. The lowest BCUT2D eigenvalue weighted by Crippen LogP contribution is -2.51. The van der Waals surface area contributed by atoms with Gasteiger partial charge in [0, 0.05) is 31.0 Å². The molecule has 1 aliphatic carbocycles. The van der Waals surface area contributed by atoms with E-state index in [4.69, 9.17) is 4.74 Å². The molecule has 0 atom stereocenters. The number of hydrogen-bond acceptors (Lipinski definition) is 11. The molecule has 4 heterocycles. The third-order valence-corrected chi connectivity index (χ3v) is 10.1. The van der Waals surface area contributed by atoms with Crippen LogP contribution in [0.4, 0.5) is 11.8 Å². The number of rotatable bonds is 10. The van der Waals surface area contributed by atoms with E-state index in [2.05, 4.69) is 35.0 Å². The number of nitrogens with one attached hydrogen (secondary N) is 2. The van der Waals surface area contributed by atoms with Gasteiger partial charge in [-0.3, -0.25) is 14.5 Å². The van der Waals surface area contributed by atoms with E-state index < -0.39 is 36.6 Å². The monoisotopic (exact) mass is 602 g/mol. The van der Waals surface area contributed by atoms with Gasteiger partial charge in [-0.25, -0.2) is 41.1 Å². The molecule has 0 bridgehead atoms. The van der Waals surface area contributed by atoms with E-state index in [1.165, 1.54) is 16.7 Å². The third-order valence-electron chi connectivity index (χ3n) is 7.03. The summed E-state index contributed by atoms with van der Waals surface area (Å²) in [6, 6.07) is 4.90. The minimum atomic E-state index is -3.63. The highest BCUT2D eigenvalue weighted by Gasteiger charge is 2.46. The number of nitrogens with zero attached hydrogens (tertiary/aromatic N) is 6. The summed E-state index contributed by atoms with van der Waals surface area (Å²) >= 11 is 0. The topological polar surface area (TPSA) is 186 Å². The van der Waals surface area contributed by atoms with E-state index >= 15 is 0 Å². The molecule has 1 saturated carbocycles. The van der Waals surface area contributed by atoms with E-state index in [0.29, 0.717) is 36.6 Å². The van der Waals surface area contributed by atoms with Gasteiger partial charge in [-0.2, -0.15) is 0 Å². The van der Waals surface area contributed by atoms with Crippen LogP contribution in [0.25, 0.3) is 11.3 Å². The van der Waals surface area contributed by atoms with Crippen LogP contribution in [-0.2, 0) is 30.3 Å². The molecule has 2 N–H and O–H groups in total. The maximum atomic E-state index is 13.9. The first-order valence-corrected chi connectivity index (χ1v) is 16.4. The number of hydrogen-bond donors (Lipinski definition) is 2. The normalized spacial score (nSPS) is 17.5. The van der Waals surface area contributed by atoms with Gasteiger partial charge >= 0.3 is 0 Å². The SMILES string of the molecule is CCOc1cncc(-c2ccc(NC(=O)C3(c4ccnc(NS(=O)(=O)C5CC5)n4)CCN(S(C)(=O)=O)CC3)nc2)n1. The zero-order valence-corrected chi connectivity index (χ0v) is 24.2. The molecule has 5 rings (SSSR count). The first-order valence-electron chi connectivity index (χ1n) is 13.0. The van der Waals surface area contributed by atoms with E-state index in [1.54, 1.807) is 30.6 Å². The molecule has 0 radical (unpaired) electrons. The fourth-order valence-electron chi connectivity index (χ4n) is 4.62. The van der Waals surface area contributed by atoms with Crippen molar-refractivity contribution in [3.8, 4) is 17.1 Å². The number of carbonyl (C=O) groups is 1. The van der Waals surface area contributed by atoms with Crippen LogP contribution < -0.4 is 14.8 Å². The van der Waals surface area contributed by atoms with Crippen LogP contribution in [0.3, 0.4) is 0 Å². The number of amides is 1. The largest absolute Gasteiger partial charge is 0.477 e. The van der Waals surface area contributed by atoms with Crippen molar-refractivity contribution in [2.24, 2.45) is 0 Å². The molecule has 3 aromatic heterocycles. The second kappa shape index (κ2) is 11.3. The number of sulfonamides is 2. The summed E-state index contributed by atoms with van der Waals surface area (Å²) in [5, 5.41) is 2.35. The van der Waals surface area contributed by atoms with Crippen LogP contribution in [-0.4, -0.2) is 83.2 Å². The Balaban J connectivity index is 1.41. The maximum absolute atomic E-state index is 13.9. The van der Waals surface area contributed by atoms with Crippen molar-refractivity contribution in [2.75, 3.05) is 36.0 Å². The van der Waals surface area contributed by atoms with Crippen molar-refractivity contribution in [1.82, 2.24) is 29.2 Å². The summed E-state index contributed by atoms with van der Waals surface area (Å²) < 4.78 is 58.4. The van der Waals surface area contributed by atoms with Crippen molar-refractivity contribution in [3.63, 3.8) is 0 Å². The van der Waals surface area contributed by atoms with E-state index in [9.17, 15) is 21.6 Å². The number of piperidine rings is 1. The van der Waals surface area contributed by atoms with Gasteiger partial charge in [0.15, 0.2) is 0 Å². The Morgan fingerprint density at radius 1 is 1.05 bits per heavy atom. The molecule has 0 aromatic carbocycles. The van der Waals surface area contributed by atoms with Crippen LogP contribution >= 0.6 is 0 Å². The summed E-state index contributed by atoms with van der Waals surface area (Å²) in [6.07, 6.45) is 8.52. The molecule has 41 heavy (non-hydrogen) atoms. The predicted molar refractivity (Wildman–Crippen MR) is 150 cm³/mol. The Hall–Kier alpha value is -3.76. The molecule has 0 unspecified atom stereocenters. The Morgan fingerprint density at radius 2 is 1.80 bits per heavy atom. The minimum Gasteiger partial charge on any atom is -0.477 e. The summed E-state index contributed by atoms with van der Waals surface area (Å²) in [5.41, 5.74) is 0.234. The molecule has 16 heteroatoms. The molecule has 2 fully saturated rings. The van der Waals surface area contributed by atoms with Gasteiger partial charge in [-0.1, -0.05) is 0 Å². The van der Waals surface area contributed by atoms with Gasteiger partial charge in [0.1, 0.15) is 5.82 Å². The molecule has 2 aliphatic rings. The highest BCUT2D eigenvalue weighted by Crippen LogP contribution is 2.37. The van der Waals surface area contributed by atoms with Crippen molar-refractivity contribution in [3.05, 3.63) is 48.7 Å². The number of anilines is 2. The lowest BCUT2D eigenvalue weighted by atomic mass is 9.75. The second-order valence-electron chi connectivity index (χ2n) is 9.92. The first-order chi connectivity index (χ1) is 19.5. The Labute approximate surface area is 238 Å². The summed E-state index contributed by atoms with van der Waals surface area (Å²) in [4.78, 5) is 35.2. The molecule has 1 saturated heterocycles. The van der Waals surface area contributed by atoms with Crippen molar-refractivity contribution in [2.45, 2.75) is 43.3 Å². The quantitative estimate of drug-likeness (QED) is 0.343. The average molecular weight is 603 g/mol. The average Bonchev–Trinajstić information content (AvgIpc) is 3.80. The molecular formula is C25H30N8O6S2. The van der Waals surface area contributed by atoms with Crippen LogP contribution in [0, 0.1) is 0 Å².